The van der Waals surface area contributed by atoms with Crippen LogP contribution >= 0.6 is 0 Å². The Morgan fingerprint density at radius 2 is 1.79 bits per heavy atom. The van der Waals surface area contributed by atoms with E-state index in [0.29, 0.717) is 5.91 Å². The molecular formula is C17H19NO. The Morgan fingerprint density at radius 1 is 1.05 bits per heavy atom. The predicted octanol–water partition coefficient (Wildman–Crippen LogP) is 3.22. The van der Waals surface area contributed by atoms with Crippen molar-refractivity contribution in [2.45, 2.75) is 44.2 Å². The van der Waals surface area contributed by atoms with Crippen LogP contribution in [0.2, 0.25) is 0 Å². The van der Waals surface area contributed by atoms with Crippen molar-refractivity contribution in [2.24, 2.45) is 17.8 Å². The Labute approximate surface area is 113 Å². The number of rotatable bonds is 1. The molecule has 1 aromatic rings. The number of fused-ring (bicyclic) bond motifs is 1. The van der Waals surface area contributed by atoms with Crippen LogP contribution in [0, 0.1) is 17.8 Å². The standard InChI is InChI=1S/C17H19NO/c19-16-15-4-2-1-3-13(15)10-18(16)17-8-11-5-12(9-17)7-14(17)6-11/h1-4,11-12,14H,5-10H2. The Hall–Kier alpha value is -1.31. The molecule has 4 saturated carbocycles. The maximum Gasteiger partial charge on any atom is 0.254 e. The first kappa shape index (κ1) is 10.5. The number of amides is 1. The van der Waals surface area contributed by atoms with Crippen molar-refractivity contribution in [3.63, 3.8) is 0 Å². The number of hydrogen-bond donors (Lipinski definition) is 0. The first-order valence-electron chi connectivity index (χ1n) is 7.66. The summed E-state index contributed by atoms with van der Waals surface area (Å²) >= 11 is 0. The molecule has 4 bridgehead atoms. The van der Waals surface area contributed by atoms with Crippen LogP contribution in [-0.2, 0) is 6.54 Å². The molecular weight excluding hydrogens is 234 g/mol. The van der Waals surface area contributed by atoms with Crippen molar-refractivity contribution < 1.29 is 4.79 Å². The first-order valence-corrected chi connectivity index (χ1v) is 7.66. The third-order valence-electron chi connectivity index (χ3n) is 6.31. The van der Waals surface area contributed by atoms with E-state index in [1.165, 1.54) is 37.7 Å². The van der Waals surface area contributed by atoms with Gasteiger partial charge in [-0.3, -0.25) is 4.79 Å². The highest BCUT2D eigenvalue weighted by molar-refractivity contribution is 5.98. The Morgan fingerprint density at radius 3 is 2.53 bits per heavy atom. The lowest BCUT2D eigenvalue weighted by molar-refractivity contribution is 0.0379. The second-order valence-electron chi connectivity index (χ2n) is 7.20. The van der Waals surface area contributed by atoms with Gasteiger partial charge in [0.25, 0.3) is 5.91 Å². The summed E-state index contributed by atoms with van der Waals surface area (Å²) in [7, 11) is 0. The van der Waals surface area contributed by atoms with E-state index in [1.54, 1.807) is 0 Å². The van der Waals surface area contributed by atoms with Crippen molar-refractivity contribution >= 4 is 5.91 Å². The summed E-state index contributed by atoms with van der Waals surface area (Å²) in [6.07, 6.45) is 6.78. The molecule has 0 saturated heterocycles. The van der Waals surface area contributed by atoms with Crippen molar-refractivity contribution in [2.75, 3.05) is 0 Å². The van der Waals surface area contributed by atoms with Crippen LogP contribution in [0.25, 0.3) is 0 Å². The van der Waals surface area contributed by atoms with Gasteiger partial charge in [0, 0.05) is 17.6 Å². The van der Waals surface area contributed by atoms with E-state index in [9.17, 15) is 4.79 Å². The van der Waals surface area contributed by atoms with E-state index >= 15 is 0 Å². The second kappa shape index (κ2) is 3.23. The van der Waals surface area contributed by atoms with Gasteiger partial charge in [0.2, 0.25) is 0 Å². The normalized spacial score (nSPS) is 42.2. The molecule has 0 aromatic heterocycles. The number of carbonyl (C=O) groups excluding carboxylic acids is 1. The second-order valence-corrected chi connectivity index (χ2v) is 7.20. The number of hydrogen-bond acceptors (Lipinski definition) is 1. The van der Waals surface area contributed by atoms with Crippen LogP contribution in [0.15, 0.2) is 24.3 Å². The molecule has 0 radical (unpaired) electrons. The van der Waals surface area contributed by atoms with E-state index in [1.807, 2.05) is 12.1 Å². The molecule has 4 fully saturated rings. The van der Waals surface area contributed by atoms with Gasteiger partial charge >= 0.3 is 0 Å². The fraction of sp³-hybridized carbons (Fsp3) is 0.588. The Kier molecular flexibility index (Phi) is 1.78. The van der Waals surface area contributed by atoms with Gasteiger partial charge in [-0.2, -0.15) is 0 Å². The molecule has 1 heterocycles. The molecule has 2 nitrogen and oxygen atoms in total. The third kappa shape index (κ3) is 1.16. The van der Waals surface area contributed by atoms with Gasteiger partial charge in [-0.25, -0.2) is 0 Å². The summed E-state index contributed by atoms with van der Waals surface area (Å²) < 4.78 is 0. The zero-order chi connectivity index (χ0) is 12.6. The van der Waals surface area contributed by atoms with Crippen LogP contribution in [-0.4, -0.2) is 16.3 Å². The Bertz CT molecular complexity index is 564. The smallest absolute Gasteiger partial charge is 0.254 e. The highest BCUT2D eigenvalue weighted by Gasteiger charge is 2.62. The van der Waals surface area contributed by atoms with E-state index in [2.05, 4.69) is 17.0 Å². The monoisotopic (exact) mass is 253 g/mol. The molecule has 0 N–H and O–H groups in total. The molecule has 0 spiro atoms. The Balaban J connectivity index is 1.58. The van der Waals surface area contributed by atoms with Gasteiger partial charge in [-0.1, -0.05) is 18.2 Å². The fourth-order valence-electron chi connectivity index (χ4n) is 5.81. The van der Waals surface area contributed by atoms with Gasteiger partial charge in [0.1, 0.15) is 0 Å². The first-order chi connectivity index (χ1) is 9.26. The van der Waals surface area contributed by atoms with Crippen LogP contribution < -0.4 is 0 Å². The molecule has 98 valence electrons. The summed E-state index contributed by atoms with van der Waals surface area (Å²) in [5.74, 6) is 2.93. The summed E-state index contributed by atoms with van der Waals surface area (Å²) in [6, 6.07) is 8.19. The number of nitrogens with zero attached hydrogens (tertiary/aromatic N) is 1. The van der Waals surface area contributed by atoms with Gasteiger partial charge in [-0.15, -0.1) is 0 Å². The zero-order valence-electron chi connectivity index (χ0n) is 11.1. The summed E-state index contributed by atoms with van der Waals surface area (Å²) in [4.78, 5) is 15.0. The molecule has 4 aliphatic carbocycles. The average molecular weight is 253 g/mol. The number of carbonyl (C=O) groups is 1. The van der Waals surface area contributed by atoms with Gasteiger partial charge < -0.3 is 4.90 Å². The van der Waals surface area contributed by atoms with Crippen molar-refractivity contribution in [3.8, 4) is 0 Å². The largest absolute Gasteiger partial charge is 0.328 e. The zero-order valence-corrected chi connectivity index (χ0v) is 11.1. The van der Waals surface area contributed by atoms with Gasteiger partial charge in [0.15, 0.2) is 0 Å². The highest BCUT2D eigenvalue weighted by atomic mass is 16.2. The lowest BCUT2D eigenvalue weighted by Gasteiger charge is -2.41. The molecule has 2 heteroatoms. The molecule has 1 aliphatic heterocycles. The van der Waals surface area contributed by atoms with Crippen LogP contribution in [0.5, 0.6) is 0 Å². The van der Waals surface area contributed by atoms with Gasteiger partial charge in [-0.05, 0) is 61.5 Å². The molecule has 2 unspecified atom stereocenters. The summed E-state index contributed by atoms with van der Waals surface area (Å²) in [5, 5.41) is 0. The summed E-state index contributed by atoms with van der Waals surface area (Å²) in [5.41, 5.74) is 2.44. The van der Waals surface area contributed by atoms with Crippen molar-refractivity contribution in [1.82, 2.24) is 4.90 Å². The highest BCUT2D eigenvalue weighted by Crippen LogP contribution is 2.63. The van der Waals surface area contributed by atoms with E-state index in [0.717, 1.165) is 29.9 Å². The molecule has 1 amide bonds. The maximum atomic E-state index is 12.8. The maximum absolute atomic E-state index is 12.8. The van der Waals surface area contributed by atoms with Crippen molar-refractivity contribution in [1.29, 1.82) is 0 Å². The van der Waals surface area contributed by atoms with Gasteiger partial charge in [0.05, 0.1) is 0 Å². The third-order valence-corrected chi connectivity index (χ3v) is 6.31. The molecule has 19 heavy (non-hydrogen) atoms. The molecule has 5 aliphatic rings. The van der Waals surface area contributed by atoms with Crippen LogP contribution in [0.3, 0.4) is 0 Å². The molecule has 6 rings (SSSR count). The van der Waals surface area contributed by atoms with E-state index in [4.69, 9.17) is 0 Å². The SMILES string of the molecule is O=C1c2ccccc2CN1C12CC3CC(CC1C3)C2. The molecule has 2 atom stereocenters. The lowest BCUT2D eigenvalue weighted by Crippen LogP contribution is -2.49. The minimum absolute atomic E-state index is 0.240. The van der Waals surface area contributed by atoms with E-state index < -0.39 is 0 Å². The quantitative estimate of drug-likeness (QED) is 0.752. The topological polar surface area (TPSA) is 20.3 Å². The predicted molar refractivity (Wildman–Crippen MR) is 72.6 cm³/mol. The minimum Gasteiger partial charge on any atom is -0.328 e. The van der Waals surface area contributed by atoms with Crippen LogP contribution in [0.1, 0.15) is 48.0 Å². The lowest BCUT2D eigenvalue weighted by atomic mass is 9.80. The fourth-order valence-corrected chi connectivity index (χ4v) is 5.81. The number of benzene rings is 1. The van der Waals surface area contributed by atoms with Crippen LogP contribution in [0.4, 0.5) is 0 Å². The average Bonchev–Trinajstić information content (AvgIpc) is 2.96. The minimum atomic E-state index is 0.240. The van der Waals surface area contributed by atoms with Crippen molar-refractivity contribution in [3.05, 3.63) is 35.4 Å². The van der Waals surface area contributed by atoms with E-state index in [-0.39, 0.29) is 5.54 Å². The summed E-state index contributed by atoms with van der Waals surface area (Å²) in [6.45, 7) is 0.866. The molecule has 1 aromatic carbocycles.